The van der Waals surface area contributed by atoms with E-state index < -0.39 is 0 Å². The monoisotopic (exact) mass is 251 g/mol. The van der Waals surface area contributed by atoms with Crippen LogP contribution < -0.4 is 4.74 Å². The quantitative estimate of drug-likeness (QED) is 0.723. The number of hydrogen-bond donors (Lipinski definition) is 0. The molecule has 0 fully saturated rings. The molecule has 18 heavy (non-hydrogen) atoms. The molecule has 0 heterocycles. The van der Waals surface area contributed by atoms with Crippen molar-refractivity contribution in [1.29, 1.82) is 0 Å². The average Bonchev–Trinajstić information content (AvgIpc) is 2.39. The Morgan fingerprint density at radius 1 is 1.33 bits per heavy atom. The highest BCUT2D eigenvalue weighted by Crippen LogP contribution is 2.11. The van der Waals surface area contributed by atoms with Crippen molar-refractivity contribution in [3.8, 4) is 5.75 Å². The predicted octanol–water partition coefficient (Wildman–Crippen LogP) is 1.87. The molecular formula is C14H21NO3. The Morgan fingerprint density at radius 2 is 1.94 bits per heavy atom. The van der Waals surface area contributed by atoms with Crippen LogP contribution in [-0.4, -0.2) is 44.2 Å². The summed E-state index contributed by atoms with van der Waals surface area (Å²) in [5.41, 5.74) is 1.21. The van der Waals surface area contributed by atoms with Gasteiger partial charge in [0.05, 0.1) is 7.11 Å². The molecule has 0 saturated heterocycles. The number of esters is 1. The first-order valence-electron chi connectivity index (χ1n) is 6.02. The largest absolute Gasteiger partial charge is 0.492 e. The highest BCUT2D eigenvalue weighted by molar-refractivity contribution is 5.75. The third-order valence-electron chi connectivity index (χ3n) is 2.94. The molecule has 1 unspecified atom stereocenters. The van der Waals surface area contributed by atoms with E-state index in [0.29, 0.717) is 13.2 Å². The summed E-state index contributed by atoms with van der Waals surface area (Å²) < 4.78 is 10.3. The zero-order valence-electron chi connectivity index (χ0n) is 11.5. The van der Waals surface area contributed by atoms with Crippen molar-refractivity contribution in [2.24, 2.45) is 0 Å². The van der Waals surface area contributed by atoms with Crippen LogP contribution in [0.1, 0.15) is 12.5 Å². The molecule has 0 bridgehead atoms. The van der Waals surface area contributed by atoms with Crippen LogP contribution in [0, 0.1) is 6.92 Å². The average molecular weight is 251 g/mol. The number of hydrogen-bond acceptors (Lipinski definition) is 4. The molecule has 0 aliphatic heterocycles. The highest BCUT2D eigenvalue weighted by Gasteiger charge is 2.17. The first-order chi connectivity index (χ1) is 8.54. The van der Waals surface area contributed by atoms with Crippen LogP contribution >= 0.6 is 0 Å². The van der Waals surface area contributed by atoms with Gasteiger partial charge in [-0.2, -0.15) is 0 Å². The lowest BCUT2D eigenvalue weighted by Gasteiger charge is -2.22. The van der Waals surface area contributed by atoms with Crippen molar-refractivity contribution in [2.45, 2.75) is 19.9 Å². The van der Waals surface area contributed by atoms with E-state index in [1.54, 1.807) is 0 Å². The Kier molecular flexibility index (Phi) is 5.65. The van der Waals surface area contributed by atoms with Gasteiger partial charge in [-0.3, -0.25) is 9.69 Å². The summed E-state index contributed by atoms with van der Waals surface area (Å²) in [4.78, 5) is 13.2. The molecule has 0 spiro atoms. The third-order valence-corrected chi connectivity index (χ3v) is 2.94. The van der Waals surface area contributed by atoms with Gasteiger partial charge in [-0.05, 0) is 33.0 Å². The van der Waals surface area contributed by atoms with Gasteiger partial charge in [0, 0.05) is 6.54 Å². The summed E-state index contributed by atoms with van der Waals surface area (Å²) in [7, 11) is 3.27. The summed E-state index contributed by atoms with van der Waals surface area (Å²) in [6, 6.07) is 7.65. The maximum Gasteiger partial charge on any atom is 0.322 e. The molecule has 0 aromatic heterocycles. The van der Waals surface area contributed by atoms with Gasteiger partial charge in [0.25, 0.3) is 0 Å². The molecule has 0 aliphatic carbocycles. The lowest BCUT2D eigenvalue weighted by Crippen LogP contribution is -2.39. The number of rotatable bonds is 6. The van der Waals surface area contributed by atoms with Gasteiger partial charge >= 0.3 is 5.97 Å². The zero-order valence-corrected chi connectivity index (χ0v) is 11.5. The summed E-state index contributed by atoms with van der Waals surface area (Å²) in [6.45, 7) is 5.07. The van der Waals surface area contributed by atoms with Gasteiger partial charge in [0.2, 0.25) is 0 Å². The zero-order chi connectivity index (χ0) is 13.5. The van der Waals surface area contributed by atoms with Gasteiger partial charge in [0.15, 0.2) is 0 Å². The number of aryl methyl sites for hydroxylation is 1. The molecule has 4 heteroatoms. The Balaban J connectivity index is 2.33. The summed E-state index contributed by atoms with van der Waals surface area (Å²) in [5, 5.41) is 0. The van der Waals surface area contributed by atoms with E-state index >= 15 is 0 Å². The van der Waals surface area contributed by atoms with E-state index in [1.165, 1.54) is 12.7 Å². The Labute approximate surface area is 108 Å². The fraction of sp³-hybridized carbons (Fsp3) is 0.500. The van der Waals surface area contributed by atoms with Crippen LogP contribution in [0.3, 0.4) is 0 Å². The molecule has 0 saturated carbocycles. The van der Waals surface area contributed by atoms with Crippen LogP contribution in [0.5, 0.6) is 5.75 Å². The van der Waals surface area contributed by atoms with Crippen LogP contribution in [0.25, 0.3) is 0 Å². The third kappa shape index (κ3) is 4.37. The van der Waals surface area contributed by atoms with E-state index in [0.717, 1.165) is 5.75 Å². The highest BCUT2D eigenvalue weighted by atomic mass is 16.5. The molecule has 4 nitrogen and oxygen atoms in total. The second-order valence-corrected chi connectivity index (χ2v) is 4.34. The lowest BCUT2D eigenvalue weighted by atomic mass is 10.2. The van der Waals surface area contributed by atoms with Gasteiger partial charge in [-0.15, -0.1) is 0 Å². The van der Waals surface area contributed by atoms with Crippen LogP contribution in [0.2, 0.25) is 0 Å². The normalized spacial score (nSPS) is 12.3. The maximum atomic E-state index is 11.3. The predicted molar refractivity (Wildman–Crippen MR) is 70.8 cm³/mol. The van der Waals surface area contributed by atoms with E-state index in [4.69, 9.17) is 4.74 Å². The van der Waals surface area contributed by atoms with Gasteiger partial charge in [0.1, 0.15) is 18.4 Å². The number of carbonyl (C=O) groups is 1. The SMILES string of the molecule is COC(=O)C(C)N(C)CCOc1ccc(C)cc1. The minimum absolute atomic E-state index is 0.229. The van der Waals surface area contributed by atoms with Crippen molar-refractivity contribution in [1.82, 2.24) is 4.90 Å². The molecular weight excluding hydrogens is 230 g/mol. The first kappa shape index (κ1) is 14.5. The Morgan fingerprint density at radius 3 is 2.50 bits per heavy atom. The smallest absolute Gasteiger partial charge is 0.322 e. The van der Waals surface area contributed by atoms with Crippen molar-refractivity contribution in [3.05, 3.63) is 29.8 Å². The number of methoxy groups -OCH3 is 1. The number of carbonyl (C=O) groups excluding carboxylic acids is 1. The van der Waals surface area contributed by atoms with E-state index in [1.807, 2.05) is 50.1 Å². The fourth-order valence-corrected chi connectivity index (χ4v) is 1.49. The summed E-state index contributed by atoms with van der Waals surface area (Å²) >= 11 is 0. The van der Waals surface area contributed by atoms with E-state index in [9.17, 15) is 4.79 Å². The van der Waals surface area contributed by atoms with Gasteiger partial charge in [-0.1, -0.05) is 17.7 Å². The number of benzene rings is 1. The summed E-state index contributed by atoms with van der Waals surface area (Å²) in [5.74, 6) is 0.618. The molecule has 1 atom stereocenters. The molecule has 0 radical (unpaired) electrons. The second kappa shape index (κ2) is 7.01. The topological polar surface area (TPSA) is 38.8 Å². The molecule has 0 N–H and O–H groups in total. The number of nitrogens with zero attached hydrogens (tertiary/aromatic N) is 1. The van der Waals surface area contributed by atoms with Gasteiger partial charge < -0.3 is 9.47 Å². The molecule has 1 aromatic carbocycles. The van der Waals surface area contributed by atoms with Crippen LogP contribution in [0.15, 0.2) is 24.3 Å². The second-order valence-electron chi connectivity index (χ2n) is 4.34. The van der Waals surface area contributed by atoms with Crippen LogP contribution in [-0.2, 0) is 9.53 Å². The van der Waals surface area contributed by atoms with Crippen LogP contribution in [0.4, 0.5) is 0 Å². The minimum Gasteiger partial charge on any atom is -0.492 e. The molecule has 0 amide bonds. The Bertz CT molecular complexity index is 375. The fourth-order valence-electron chi connectivity index (χ4n) is 1.49. The minimum atomic E-state index is -0.253. The lowest BCUT2D eigenvalue weighted by molar-refractivity contribution is -0.145. The molecule has 1 aromatic rings. The first-order valence-corrected chi connectivity index (χ1v) is 6.02. The van der Waals surface area contributed by atoms with E-state index in [2.05, 4.69) is 4.74 Å². The summed E-state index contributed by atoms with van der Waals surface area (Å²) in [6.07, 6.45) is 0. The number of likely N-dealkylation sites (N-methyl/N-ethyl adjacent to an activating group) is 1. The van der Waals surface area contributed by atoms with Crippen molar-refractivity contribution in [3.63, 3.8) is 0 Å². The molecule has 0 aliphatic rings. The Hall–Kier alpha value is -1.55. The molecule has 1 rings (SSSR count). The van der Waals surface area contributed by atoms with Crippen molar-refractivity contribution < 1.29 is 14.3 Å². The number of ether oxygens (including phenoxy) is 2. The maximum absolute atomic E-state index is 11.3. The molecule has 100 valence electrons. The standard InChI is InChI=1S/C14H21NO3/c1-11-5-7-13(8-6-11)18-10-9-15(3)12(2)14(16)17-4/h5-8,12H,9-10H2,1-4H3. The van der Waals surface area contributed by atoms with Gasteiger partial charge in [-0.25, -0.2) is 0 Å². The van der Waals surface area contributed by atoms with Crippen molar-refractivity contribution in [2.75, 3.05) is 27.3 Å². The van der Waals surface area contributed by atoms with E-state index in [-0.39, 0.29) is 12.0 Å². The van der Waals surface area contributed by atoms with Crippen molar-refractivity contribution >= 4 is 5.97 Å².